The van der Waals surface area contributed by atoms with E-state index in [4.69, 9.17) is 12.2 Å². The molecule has 0 bridgehead atoms. The first kappa shape index (κ1) is 18.9. The molecule has 1 aliphatic heterocycles. The highest BCUT2D eigenvalue weighted by Crippen LogP contribution is 2.15. The molecular weight excluding hydrogens is 378 g/mol. The van der Waals surface area contributed by atoms with Gasteiger partial charge in [0.2, 0.25) is 0 Å². The maximum Gasteiger partial charge on any atom is 0.266 e. The lowest BCUT2D eigenvalue weighted by Gasteiger charge is -2.24. The summed E-state index contributed by atoms with van der Waals surface area (Å²) < 4.78 is 26.4. The average molecular weight is 396 g/mol. The van der Waals surface area contributed by atoms with Crippen molar-refractivity contribution in [2.75, 3.05) is 23.3 Å². The Hall–Kier alpha value is -2.89. The van der Waals surface area contributed by atoms with Gasteiger partial charge in [-0.2, -0.15) is 4.80 Å². The normalized spacial score (nSPS) is 13.9. The minimum absolute atomic E-state index is 0.0211. The van der Waals surface area contributed by atoms with Gasteiger partial charge in [-0.3, -0.25) is 15.6 Å². The maximum atomic E-state index is 13.5. The summed E-state index contributed by atoms with van der Waals surface area (Å²) in [7, 11) is 0. The number of aromatic nitrogens is 4. The van der Waals surface area contributed by atoms with Crippen LogP contribution in [0.3, 0.4) is 0 Å². The average Bonchev–Trinajstić information content (AvgIpc) is 3.11. The lowest BCUT2D eigenvalue weighted by atomic mass is 10.1. The monoisotopic (exact) mass is 396 g/mol. The van der Waals surface area contributed by atoms with Crippen molar-refractivity contribution < 1.29 is 13.6 Å². The van der Waals surface area contributed by atoms with Crippen molar-refractivity contribution in [3.8, 4) is 0 Å². The molecule has 12 heteroatoms. The Kier molecular flexibility index (Phi) is 6.06. The second kappa shape index (κ2) is 8.66. The largest absolute Gasteiger partial charge is 0.338 e. The number of piperidine rings is 1. The van der Waals surface area contributed by atoms with Crippen molar-refractivity contribution in [3.05, 3.63) is 29.8 Å². The van der Waals surface area contributed by atoms with E-state index in [1.165, 1.54) is 17.3 Å². The number of anilines is 2. The summed E-state index contributed by atoms with van der Waals surface area (Å²) in [6.07, 6.45) is 3.35. The van der Waals surface area contributed by atoms with Crippen LogP contribution in [-0.2, 0) is 11.3 Å². The maximum absolute atomic E-state index is 13.5. The zero-order valence-corrected chi connectivity index (χ0v) is 15.1. The summed E-state index contributed by atoms with van der Waals surface area (Å²) >= 11 is 4.95. The Morgan fingerprint density at radius 3 is 2.70 bits per heavy atom. The third-order valence-corrected chi connectivity index (χ3v) is 4.07. The Morgan fingerprint density at radius 1 is 1.19 bits per heavy atom. The number of nitrogens with zero attached hydrogens (tertiary/aromatic N) is 5. The summed E-state index contributed by atoms with van der Waals surface area (Å²) in [6.45, 7) is 1.58. The van der Waals surface area contributed by atoms with E-state index in [0.717, 1.165) is 38.1 Å². The number of hydrogen-bond acceptors (Lipinski definition) is 6. The lowest BCUT2D eigenvalue weighted by Crippen LogP contribution is -2.45. The highest BCUT2D eigenvalue weighted by atomic mass is 32.1. The van der Waals surface area contributed by atoms with Crippen LogP contribution in [0.5, 0.6) is 0 Å². The molecule has 144 valence electrons. The van der Waals surface area contributed by atoms with E-state index in [1.807, 2.05) is 4.90 Å². The molecule has 0 radical (unpaired) electrons. The smallest absolute Gasteiger partial charge is 0.266 e. The Balaban J connectivity index is 1.45. The number of thiocarbonyl (C=S) groups is 1. The molecule has 0 spiro atoms. The first-order valence-corrected chi connectivity index (χ1v) is 8.76. The van der Waals surface area contributed by atoms with Gasteiger partial charge < -0.3 is 10.2 Å². The standard InChI is InChI=1S/C15H18F2N8OS/c16-10-4-5-12(11(17)8-10)18-15(27)21-19-13(26)9-25-22-14(20-23-25)24-6-2-1-3-7-24/h4-5,8H,1-3,6-7,9H2,(H,19,26)(H2,18,21,27). The van der Waals surface area contributed by atoms with Crippen molar-refractivity contribution in [2.24, 2.45) is 0 Å². The molecule has 1 aliphatic rings. The third-order valence-electron chi connectivity index (χ3n) is 3.86. The Morgan fingerprint density at radius 2 is 1.96 bits per heavy atom. The molecule has 27 heavy (non-hydrogen) atoms. The number of hydrogen-bond donors (Lipinski definition) is 3. The van der Waals surface area contributed by atoms with E-state index in [-0.39, 0.29) is 17.3 Å². The number of halogens is 2. The van der Waals surface area contributed by atoms with Gasteiger partial charge in [0.25, 0.3) is 11.9 Å². The van der Waals surface area contributed by atoms with Crippen LogP contribution in [0.4, 0.5) is 20.4 Å². The van der Waals surface area contributed by atoms with Crippen molar-refractivity contribution in [2.45, 2.75) is 25.8 Å². The first-order chi connectivity index (χ1) is 13.0. The topological polar surface area (TPSA) is 100 Å². The van der Waals surface area contributed by atoms with Crippen molar-refractivity contribution >= 4 is 34.9 Å². The van der Waals surface area contributed by atoms with Gasteiger partial charge >= 0.3 is 0 Å². The van der Waals surface area contributed by atoms with E-state index in [0.29, 0.717) is 5.95 Å². The molecule has 2 aromatic rings. The zero-order valence-electron chi connectivity index (χ0n) is 14.3. The molecule has 2 heterocycles. The van der Waals surface area contributed by atoms with Crippen LogP contribution >= 0.6 is 12.2 Å². The van der Waals surface area contributed by atoms with Crippen LogP contribution in [0.15, 0.2) is 18.2 Å². The molecule has 1 aromatic heterocycles. The molecular formula is C15H18F2N8OS. The molecule has 1 fully saturated rings. The number of nitrogens with one attached hydrogen (secondary N) is 3. The Bertz CT molecular complexity index is 824. The highest BCUT2D eigenvalue weighted by Gasteiger charge is 2.16. The van der Waals surface area contributed by atoms with Crippen molar-refractivity contribution in [1.29, 1.82) is 0 Å². The predicted molar refractivity (Wildman–Crippen MR) is 97.7 cm³/mol. The number of hydrazine groups is 1. The number of carbonyl (C=O) groups is 1. The third kappa shape index (κ3) is 5.29. The van der Waals surface area contributed by atoms with Crippen LogP contribution < -0.4 is 21.1 Å². The second-order valence-corrected chi connectivity index (χ2v) is 6.33. The van der Waals surface area contributed by atoms with Gasteiger partial charge in [0.15, 0.2) is 5.11 Å². The van der Waals surface area contributed by atoms with Gasteiger partial charge in [-0.25, -0.2) is 8.78 Å². The van der Waals surface area contributed by atoms with Crippen LogP contribution in [0.2, 0.25) is 0 Å². The fraction of sp³-hybridized carbons (Fsp3) is 0.400. The predicted octanol–water partition coefficient (Wildman–Crippen LogP) is 0.959. The summed E-state index contributed by atoms with van der Waals surface area (Å²) in [5, 5.41) is 14.5. The molecule has 0 unspecified atom stereocenters. The summed E-state index contributed by atoms with van der Waals surface area (Å²) in [6, 6.07) is 3.00. The van der Waals surface area contributed by atoms with E-state index in [1.54, 1.807) is 0 Å². The molecule has 0 saturated carbocycles. The van der Waals surface area contributed by atoms with Gasteiger partial charge in [-0.15, -0.1) is 5.10 Å². The molecule has 1 amide bonds. The Labute approximate surface area is 159 Å². The number of rotatable bonds is 4. The molecule has 1 saturated heterocycles. The lowest BCUT2D eigenvalue weighted by molar-refractivity contribution is -0.122. The fourth-order valence-corrected chi connectivity index (χ4v) is 2.72. The van der Waals surface area contributed by atoms with E-state index >= 15 is 0 Å². The van der Waals surface area contributed by atoms with Gasteiger partial charge in [-0.1, -0.05) is 5.10 Å². The van der Waals surface area contributed by atoms with Crippen LogP contribution in [0, 0.1) is 11.6 Å². The molecule has 1 aromatic carbocycles. The number of benzene rings is 1. The summed E-state index contributed by atoms with van der Waals surface area (Å²) in [5.41, 5.74) is 4.74. The van der Waals surface area contributed by atoms with Crippen LogP contribution in [0.25, 0.3) is 0 Å². The molecule has 0 atom stereocenters. The summed E-state index contributed by atoms with van der Waals surface area (Å²) in [5.74, 6) is -1.47. The highest BCUT2D eigenvalue weighted by molar-refractivity contribution is 7.80. The van der Waals surface area contributed by atoms with E-state index in [9.17, 15) is 13.6 Å². The zero-order chi connectivity index (χ0) is 19.2. The quantitative estimate of drug-likeness (QED) is 0.519. The first-order valence-electron chi connectivity index (χ1n) is 8.35. The summed E-state index contributed by atoms with van der Waals surface area (Å²) in [4.78, 5) is 15.1. The number of carbonyl (C=O) groups excluding carboxylic acids is 1. The van der Waals surface area contributed by atoms with Gasteiger partial charge in [0.1, 0.15) is 18.2 Å². The van der Waals surface area contributed by atoms with Gasteiger partial charge in [0.05, 0.1) is 5.69 Å². The van der Waals surface area contributed by atoms with Crippen molar-refractivity contribution in [1.82, 2.24) is 31.1 Å². The SMILES string of the molecule is O=C(Cn1nnc(N2CCCCC2)n1)NNC(=S)Nc1ccc(F)cc1F. The number of amides is 1. The fourth-order valence-electron chi connectivity index (χ4n) is 2.56. The molecule has 9 nitrogen and oxygen atoms in total. The minimum atomic E-state index is -0.803. The minimum Gasteiger partial charge on any atom is -0.338 e. The van der Waals surface area contributed by atoms with Crippen LogP contribution in [0.1, 0.15) is 19.3 Å². The van der Waals surface area contributed by atoms with E-state index < -0.39 is 17.5 Å². The van der Waals surface area contributed by atoms with Crippen molar-refractivity contribution in [3.63, 3.8) is 0 Å². The number of tetrazole rings is 1. The molecule has 3 rings (SSSR count). The van der Waals surface area contributed by atoms with Gasteiger partial charge in [-0.05, 0) is 48.8 Å². The van der Waals surface area contributed by atoms with E-state index in [2.05, 4.69) is 31.6 Å². The van der Waals surface area contributed by atoms with Crippen LogP contribution in [-0.4, -0.2) is 44.3 Å². The second-order valence-electron chi connectivity index (χ2n) is 5.92. The molecule has 0 aliphatic carbocycles. The van der Waals surface area contributed by atoms with Gasteiger partial charge in [0, 0.05) is 19.2 Å². The molecule has 3 N–H and O–H groups in total.